The van der Waals surface area contributed by atoms with Crippen molar-refractivity contribution in [2.24, 2.45) is 0 Å². The molecule has 0 unspecified atom stereocenters. The largest absolute Gasteiger partial charge is 0.489 e. The van der Waals surface area contributed by atoms with Gasteiger partial charge in [0.15, 0.2) is 0 Å². The molecule has 0 amide bonds. The van der Waals surface area contributed by atoms with Gasteiger partial charge in [0, 0.05) is 18.6 Å². The SMILES string of the molecule is O=S(=O)(c1ccccc1B(O)O)N1CCOCC1. The van der Waals surface area contributed by atoms with E-state index in [2.05, 4.69) is 0 Å². The van der Waals surface area contributed by atoms with Crippen molar-refractivity contribution in [2.45, 2.75) is 4.90 Å². The minimum absolute atomic E-state index is 0.0102. The van der Waals surface area contributed by atoms with Crippen LogP contribution in [0.5, 0.6) is 0 Å². The van der Waals surface area contributed by atoms with Crippen LogP contribution >= 0.6 is 0 Å². The van der Waals surface area contributed by atoms with Gasteiger partial charge in [0.1, 0.15) is 0 Å². The van der Waals surface area contributed by atoms with E-state index in [0.717, 1.165) is 0 Å². The second-order valence-electron chi connectivity index (χ2n) is 3.93. The molecule has 1 saturated heterocycles. The number of morpholine rings is 1. The summed E-state index contributed by atoms with van der Waals surface area (Å²) in [6.07, 6.45) is 0. The van der Waals surface area contributed by atoms with Crippen molar-refractivity contribution in [3.8, 4) is 0 Å². The highest BCUT2D eigenvalue weighted by atomic mass is 32.2. The minimum atomic E-state index is -3.70. The van der Waals surface area contributed by atoms with Crippen molar-refractivity contribution >= 4 is 22.6 Å². The third-order valence-corrected chi connectivity index (χ3v) is 4.76. The molecule has 0 radical (unpaired) electrons. The first-order valence-electron chi connectivity index (χ1n) is 5.56. The van der Waals surface area contributed by atoms with Crippen molar-refractivity contribution in [3.05, 3.63) is 24.3 Å². The smallest absolute Gasteiger partial charge is 0.423 e. The molecule has 8 heteroatoms. The predicted molar refractivity (Wildman–Crippen MR) is 65.8 cm³/mol. The molecule has 2 rings (SSSR count). The van der Waals surface area contributed by atoms with E-state index in [9.17, 15) is 18.5 Å². The van der Waals surface area contributed by atoms with Crippen LogP contribution in [0, 0.1) is 0 Å². The van der Waals surface area contributed by atoms with Crippen molar-refractivity contribution in [1.29, 1.82) is 0 Å². The molecular formula is C10H14BNO5S. The van der Waals surface area contributed by atoms with Gasteiger partial charge in [-0.15, -0.1) is 0 Å². The molecular weight excluding hydrogens is 257 g/mol. The van der Waals surface area contributed by atoms with E-state index in [1.165, 1.54) is 16.4 Å². The first kappa shape index (κ1) is 13.5. The Morgan fingerprint density at radius 3 is 2.39 bits per heavy atom. The van der Waals surface area contributed by atoms with Crippen LogP contribution in [0.25, 0.3) is 0 Å². The quantitative estimate of drug-likeness (QED) is 0.646. The van der Waals surface area contributed by atoms with Crippen LogP contribution in [0.3, 0.4) is 0 Å². The predicted octanol–water partition coefficient (Wildman–Crippen LogP) is -1.61. The van der Waals surface area contributed by atoms with E-state index < -0.39 is 17.1 Å². The molecule has 0 aromatic heterocycles. The molecule has 1 aliphatic heterocycles. The van der Waals surface area contributed by atoms with Crippen LogP contribution in [0.15, 0.2) is 29.2 Å². The molecule has 1 heterocycles. The summed E-state index contributed by atoms with van der Waals surface area (Å²) in [5.41, 5.74) is -0.0102. The van der Waals surface area contributed by atoms with E-state index >= 15 is 0 Å². The zero-order chi connectivity index (χ0) is 13.2. The Morgan fingerprint density at radius 1 is 1.17 bits per heavy atom. The Bertz CT molecular complexity index is 513. The normalized spacial score (nSPS) is 17.7. The molecule has 1 aliphatic rings. The Kier molecular flexibility index (Phi) is 4.03. The maximum absolute atomic E-state index is 12.4. The van der Waals surface area contributed by atoms with Gasteiger partial charge >= 0.3 is 7.12 Å². The molecule has 0 atom stereocenters. The van der Waals surface area contributed by atoms with Crippen molar-refractivity contribution in [1.82, 2.24) is 4.31 Å². The Labute approximate surface area is 106 Å². The number of nitrogens with zero attached hydrogens (tertiary/aromatic N) is 1. The van der Waals surface area contributed by atoms with Gasteiger partial charge < -0.3 is 14.8 Å². The molecule has 1 aromatic carbocycles. The van der Waals surface area contributed by atoms with Crippen LogP contribution in [0.1, 0.15) is 0 Å². The fraction of sp³-hybridized carbons (Fsp3) is 0.400. The van der Waals surface area contributed by atoms with Crippen LogP contribution in [-0.4, -0.2) is 56.2 Å². The number of rotatable bonds is 3. The Morgan fingerprint density at radius 2 is 1.78 bits per heavy atom. The van der Waals surface area contributed by atoms with E-state index in [1.807, 2.05) is 0 Å². The topological polar surface area (TPSA) is 87.1 Å². The van der Waals surface area contributed by atoms with E-state index in [-0.39, 0.29) is 23.4 Å². The lowest BCUT2D eigenvalue weighted by Crippen LogP contribution is -2.44. The van der Waals surface area contributed by atoms with Crippen LogP contribution < -0.4 is 5.46 Å². The van der Waals surface area contributed by atoms with Gasteiger partial charge in [-0.3, -0.25) is 0 Å². The second-order valence-corrected chi connectivity index (χ2v) is 5.83. The number of sulfonamides is 1. The number of hydrogen-bond donors (Lipinski definition) is 2. The summed E-state index contributed by atoms with van der Waals surface area (Å²) in [4.78, 5) is -0.0677. The van der Waals surface area contributed by atoms with Gasteiger partial charge in [0.2, 0.25) is 10.0 Å². The van der Waals surface area contributed by atoms with Crippen molar-refractivity contribution < 1.29 is 23.2 Å². The summed E-state index contributed by atoms with van der Waals surface area (Å²) in [7, 11) is -5.51. The molecule has 18 heavy (non-hydrogen) atoms. The zero-order valence-electron chi connectivity index (χ0n) is 9.69. The Balaban J connectivity index is 2.40. The van der Waals surface area contributed by atoms with Crippen LogP contribution in [0.2, 0.25) is 0 Å². The van der Waals surface area contributed by atoms with E-state index in [4.69, 9.17) is 4.74 Å². The summed E-state index contributed by atoms with van der Waals surface area (Å²) in [6, 6.07) is 5.88. The zero-order valence-corrected chi connectivity index (χ0v) is 10.5. The molecule has 98 valence electrons. The van der Waals surface area contributed by atoms with Gasteiger partial charge in [0.25, 0.3) is 0 Å². The number of ether oxygens (including phenoxy) is 1. The summed E-state index contributed by atoms with van der Waals surface area (Å²) < 4.78 is 31.1. The second kappa shape index (κ2) is 5.37. The lowest BCUT2D eigenvalue weighted by molar-refractivity contribution is 0.0730. The number of benzene rings is 1. The molecule has 1 aromatic rings. The molecule has 0 spiro atoms. The monoisotopic (exact) mass is 271 g/mol. The van der Waals surface area contributed by atoms with Gasteiger partial charge in [0.05, 0.1) is 18.1 Å². The summed E-state index contributed by atoms with van der Waals surface area (Å²) in [5, 5.41) is 18.4. The maximum Gasteiger partial charge on any atom is 0.489 e. The van der Waals surface area contributed by atoms with Crippen molar-refractivity contribution in [3.63, 3.8) is 0 Å². The summed E-state index contributed by atoms with van der Waals surface area (Å²) in [5.74, 6) is 0. The molecule has 2 N–H and O–H groups in total. The van der Waals surface area contributed by atoms with Crippen LogP contribution in [0.4, 0.5) is 0 Å². The fourth-order valence-electron chi connectivity index (χ4n) is 1.85. The lowest BCUT2D eigenvalue weighted by atomic mass is 9.80. The minimum Gasteiger partial charge on any atom is -0.423 e. The first-order valence-corrected chi connectivity index (χ1v) is 7.00. The van der Waals surface area contributed by atoms with Gasteiger partial charge in [-0.1, -0.05) is 18.2 Å². The highest BCUT2D eigenvalue weighted by Gasteiger charge is 2.30. The summed E-state index contributed by atoms with van der Waals surface area (Å²) >= 11 is 0. The van der Waals surface area contributed by atoms with E-state index in [0.29, 0.717) is 13.2 Å². The highest BCUT2D eigenvalue weighted by molar-refractivity contribution is 7.89. The van der Waals surface area contributed by atoms with Crippen molar-refractivity contribution in [2.75, 3.05) is 26.3 Å². The molecule has 0 bridgehead atoms. The standard InChI is InChI=1S/C10H14BNO5S/c13-11(14)9-3-1-2-4-10(9)18(15,16)12-5-7-17-8-6-12/h1-4,13-14H,5-8H2. The fourth-order valence-corrected chi connectivity index (χ4v) is 3.48. The van der Waals surface area contributed by atoms with Gasteiger partial charge in [-0.2, -0.15) is 4.31 Å². The third-order valence-electron chi connectivity index (χ3n) is 2.79. The molecule has 6 nitrogen and oxygen atoms in total. The third kappa shape index (κ3) is 2.57. The lowest BCUT2D eigenvalue weighted by Gasteiger charge is -2.26. The molecule has 0 aliphatic carbocycles. The first-order chi connectivity index (χ1) is 8.53. The average molecular weight is 271 g/mol. The molecule has 0 saturated carbocycles. The van der Waals surface area contributed by atoms with E-state index in [1.54, 1.807) is 12.1 Å². The van der Waals surface area contributed by atoms with Crippen LogP contribution in [-0.2, 0) is 14.8 Å². The molecule has 1 fully saturated rings. The average Bonchev–Trinajstić information content (AvgIpc) is 2.39. The summed E-state index contributed by atoms with van der Waals surface area (Å²) in [6.45, 7) is 1.25. The maximum atomic E-state index is 12.4. The highest BCUT2D eigenvalue weighted by Crippen LogP contribution is 2.15. The van der Waals surface area contributed by atoms with Gasteiger partial charge in [-0.25, -0.2) is 8.42 Å². The number of hydrogen-bond acceptors (Lipinski definition) is 5. The Hall–Kier alpha value is -0.925. The van der Waals surface area contributed by atoms with Gasteiger partial charge in [-0.05, 0) is 6.07 Å².